The number of carbonyl (C=O) groups excluding carboxylic acids is 1. The second-order valence-corrected chi connectivity index (χ2v) is 5.93. The Balaban J connectivity index is 2.82. The van der Waals surface area contributed by atoms with Crippen LogP contribution in [0.3, 0.4) is 0 Å². The summed E-state index contributed by atoms with van der Waals surface area (Å²) in [5.74, 6) is -0.0252. The van der Waals surface area contributed by atoms with E-state index in [0.717, 1.165) is 22.6 Å². The summed E-state index contributed by atoms with van der Waals surface area (Å²) in [6, 6.07) is 7.47. The summed E-state index contributed by atoms with van der Waals surface area (Å²) in [5.41, 5.74) is 0.525. The predicted octanol–water partition coefficient (Wildman–Crippen LogP) is 4.13. The van der Waals surface area contributed by atoms with Crippen molar-refractivity contribution >= 4 is 37.8 Å². The highest BCUT2D eigenvalue weighted by molar-refractivity contribution is 9.10. The van der Waals surface area contributed by atoms with Gasteiger partial charge in [0.05, 0.1) is 5.56 Å². The maximum Gasteiger partial charge on any atom is 0.252 e. The van der Waals surface area contributed by atoms with Crippen LogP contribution in [-0.2, 0) is 0 Å². The van der Waals surface area contributed by atoms with Crippen molar-refractivity contribution in [2.24, 2.45) is 0 Å². The third-order valence-corrected chi connectivity index (χ3v) is 4.05. The van der Waals surface area contributed by atoms with E-state index in [1.54, 1.807) is 0 Å². The largest absolute Gasteiger partial charge is 0.347 e. The van der Waals surface area contributed by atoms with Gasteiger partial charge in [-0.2, -0.15) is 0 Å². The Hall–Kier alpha value is -0.350. The van der Waals surface area contributed by atoms with Crippen LogP contribution in [0.25, 0.3) is 0 Å². The van der Waals surface area contributed by atoms with E-state index in [1.165, 1.54) is 0 Å². The van der Waals surface area contributed by atoms with Gasteiger partial charge >= 0.3 is 0 Å². The minimum absolute atomic E-state index is 0.0252. The molecule has 0 aliphatic rings. The number of rotatable bonds is 5. The second kappa shape index (κ2) is 6.55. The molecule has 0 heterocycles. The number of benzene rings is 1. The number of amides is 1. The molecule has 0 radical (unpaired) electrons. The van der Waals surface area contributed by atoms with Crippen LogP contribution in [0.1, 0.15) is 37.0 Å². The fraction of sp³-hybridized carbons (Fsp3) is 0.462. The molecule has 17 heavy (non-hydrogen) atoms. The van der Waals surface area contributed by atoms with Gasteiger partial charge in [-0.3, -0.25) is 4.79 Å². The van der Waals surface area contributed by atoms with E-state index in [9.17, 15) is 4.79 Å². The molecule has 1 unspecified atom stereocenters. The third kappa shape index (κ3) is 4.11. The Labute approximate surface area is 119 Å². The van der Waals surface area contributed by atoms with Crippen LogP contribution in [0.4, 0.5) is 0 Å². The summed E-state index contributed by atoms with van der Waals surface area (Å²) in [4.78, 5) is 12.2. The van der Waals surface area contributed by atoms with Gasteiger partial charge in [0, 0.05) is 15.3 Å². The van der Waals surface area contributed by atoms with Crippen LogP contribution in [0.5, 0.6) is 0 Å². The smallest absolute Gasteiger partial charge is 0.252 e. The molecule has 4 heteroatoms. The standard InChI is InChI=1S/C13H17Br2NO/c1-3-13(2,8-9-14)16-12(17)10-6-4-5-7-11(10)15/h4-7H,3,8-9H2,1-2H3,(H,16,17). The van der Waals surface area contributed by atoms with Crippen LogP contribution in [-0.4, -0.2) is 16.8 Å². The van der Waals surface area contributed by atoms with Gasteiger partial charge in [0.25, 0.3) is 5.91 Å². The van der Waals surface area contributed by atoms with Crippen LogP contribution in [0.15, 0.2) is 28.7 Å². The van der Waals surface area contributed by atoms with Crippen LogP contribution >= 0.6 is 31.9 Å². The molecular weight excluding hydrogens is 346 g/mol. The fourth-order valence-corrected chi connectivity index (χ4v) is 2.86. The van der Waals surface area contributed by atoms with Crippen molar-refractivity contribution in [1.82, 2.24) is 5.32 Å². The van der Waals surface area contributed by atoms with Crippen molar-refractivity contribution in [2.45, 2.75) is 32.2 Å². The molecule has 0 spiro atoms. The van der Waals surface area contributed by atoms with Crippen LogP contribution in [0.2, 0.25) is 0 Å². The molecule has 0 bridgehead atoms. The first kappa shape index (κ1) is 14.7. The molecule has 1 atom stereocenters. The maximum atomic E-state index is 12.2. The van der Waals surface area contributed by atoms with Gasteiger partial charge in [-0.05, 0) is 47.8 Å². The lowest BCUT2D eigenvalue weighted by Crippen LogP contribution is -2.45. The van der Waals surface area contributed by atoms with Crippen molar-refractivity contribution in [2.75, 3.05) is 5.33 Å². The van der Waals surface area contributed by atoms with Crippen molar-refractivity contribution in [1.29, 1.82) is 0 Å². The van der Waals surface area contributed by atoms with Crippen LogP contribution < -0.4 is 5.32 Å². The quantitative estimate of drug-likeness (QED) is 0.784. The molecule has 0 aromatic heterocycles. The molecule has 0 saturated heterocycles. The number of hydrogen-bond donors (Lipinski definition) is 1. The van der Waals surface area contributed by atoms with E-state index in [2.05, 4.69) is 51.0 Å². The average Bonchev–Trinajstić information content (AvgIpc) is 2.29. The summed E-state index contributed by atoms with van der Waals surface area (Å²) in [6.45, 7) is 4.16. The molecule has 0 fully saturated rings. The Bertz CT molecular complexity index is 395. The SMILES string of the molecule is CCC(C)(CCBr)NC(=O)c1ccccc1Br. The fourth-order valence-electron chi connectivity index (χ4n) is 1.52. The topological polar surface area (TPSA) is 29.1 Å². The first-order valence-electron chi connectivity index (χ1n) is 5.65. The molecule has 1 rings (SSSR count). The Morgan fingerprint density at radius 1 is 1.41 bits per heavy atom. The maximum absolute atomic E-state index is 12.2. The molecule has 1 amide bonds. The number of alkyl halides is 1. The zero-order chi connectivity index (χ0) is 12.9. The number of halogens is 2. The Kier molecular flexibility index (Phi) is 5.67. The van der Waals surface area contributed by atoms with Crippen molar-refractivity contribution < 1.29 is 4.79 Å². The summed E-state index contributed by atoms with van der Waals surface area (Å²) in [7, 11) is 0. The highest BCUT2D eigenvalue weighted by Crippen LogP contribution is 2.20. The molecule has 2 nitrogen and oxygen atoms in total. The Morgan fingerprint density at radius 2 is 2.06 bits per heavy atom. The van der Waals surface area contributed by atoms with E-state index in [-0.39, 0.29) is 11.4 Å². The number of nitrogens with one attached hydrogen (secondary N) is 1. The average molecular weight is 363 g/mol. The lowest BCUT2D eigenvalue weighted by molar-refractivity contribution is 0.0901. The van der Waals surface area contributed by atoms with Gasteiger partial charge in [0.2, 0.25) is 0 Å². The lowest BCUT2D eigenvalue weighted by Gasteiger charge is -2.29. The molecular formula is C13H17Br2NO. The molecule has 1 N–H and O–H groups in total. The first-order chi connectivity index (χ1) is 8.02. The lowest BCUT2D eigenvalue weighted by atomic mass is 9.95. The third-order valence-electron chi connectivity index (χ3n) is 2.96. The monoisotopic (exact) mass is 361 g/mol. The van der Waals surface area contributed by atoms with Gasteiger partial charge in [-0.15, -0.1) is 0 Å². The zero-order valence-corrected chi connectivity index (χ0v) is 13.3. The van der Waals surface area contributed by atoms with E-state index in [4.69, 9.17) is 0 Å². The molecule has 0 aliphatic heterocycles. The zero-order valence-electron chi connectivity index (χ0n) is 10.1. The summed E-state index contributed by atoms with van der Waals surface area (Å²) >= 11 is 6.82. The molecule has 1 aromatic rings. The van der Waals surface area contributed by atoms with E-state index in [1.807, 2.05) is 24.3 Å². The van der Waals surface area contributed by atoms with E-state index < -0.39 is 0 Å². The van der Waals surface area contributed by atoms with Crippen LogP contribution in [0, 0.1) is 0 Å². The molecule has 0 aliphatic carbocycles. The van der Waals surface area contributed by atoms with Crippen molar-refractivity contribution in [3.63, 3.8) is 0 Å². The van der Waals surface area contributed by atoms with Crippen molar-refractivity contribution in [3.8, 4) is 0 Å². The number of carbonyl (C=O) groups is 1. The molecule has 1 aromatic carbocycles. The molecule has 0 saturated carbocycles. The van der Waals surface area contributed by atoms with Gasteiger partial charge in [0.1, 0.15) is 0 Å². The van der Waals surface area contributed by atoms with E-state index in [0.29, 0.717) is 5.56 Å². The summed E-state index contributed by atoms with van der Waals surface area (Å²) < 4.78 is 0.829. The second-order valence-electron chi connectivity index (χ2n) is 4.29. The van der Waals surface area contributed by atoms with Gasteiger partial charge in [-0.1, -0.05) is 35.0 Å². The van der Waals surface area contributed by atoms with Gasteiger partial charge in [0.15, 0.2) is 0 Å². The Morgan fingerprint density at radius 3 is 2.59 bits per heavy atom. The normalized spacial score (nSPS) is 14.1. The first-order valence-corrected chi connectivity index (χ1v) is 7.57. The highest BCUT2D eigenvalue weighted by atomic mass is 79.9. The minimum atomic E-state index is -0.157. The van der Waals surface area contributed by atoms with Gasteiger partial charge in [-0.25, -0.2) is 0 Å². The number of hydrogen-bond acceptors (Lipinski definition) is 1. The predicted molar refractivity (Wildman–Crippen MR) is 78.7 cm³/mol. The highest BCUT2D eigenvalue weighted by Gasteiger charge is 2.24. The summed E-state index contributed by atoms with van der Waals surface area (Å²) in [5, 5.41) is 3.98. The molecule has 94 valence electrons. The van der Waals surface area contributed by atoms with Crippen molar-refractivity contribution in [3.05, 3.63) is 34.3 Å². The summed E-state index contributed by atoms with van der Waals surface area (Å²) in [6.07, 6.45) is 1.83. The minimum Gasteiger partial charge on any atom is -0.347 e. The van der Waals surface area contributed by atoms with E-state index >= 15 is 0 Å². The van der Waals surface area contributed by atoms with Gasteiger partial charge < -0.3 is 5.32 Å².